The SMILES string of the molecule is CC1(C)Cc2ccc(Nc3cc(-c4c(F)cccc4F)nc4c3C(=O)NC4)cc2O1. The van der Waals surface area contributed by atoms with Crippen molar-refractivity contribution in [1.82, 2.24) is 10.3 Å². The van der Waals surface area contributed by atoms with E-state index in [1.807, 2.05) is 32.0 Å². The van der Waals surface area contributed by atoms with Gasteiger partial charge in [-0.2, -0.15) is 0 Å². The van der Waals surface area contributed by atoms with Gasteiger partial charge >= 0.3 is 0 Å². The summed E-state index contributed by atoms with van der Waals surface area (Å²) in [4.78, 5) is 16.7. The number of halogens is 2. The van der Waals surface area contributed by atoms with Gasteiger partial charge in [0.1, 0.15) is 23.0 Å². The van der Waals surface area contributed by atoms with Crippen LogP contribution in [0.2, 0.25) is 0 Å². The Hall–Kier alpha value is -3.48. The monoisotopic (exact) mass is 407 g/mol. The highest BCUT2D eigenvalue weighted by Gasteiger charge is 2.31. The van der Waals surface area contributed by atoms with Crippen LogP contribution >= 0.6 is 0 Å². The molecule has 1 amide bonds. The first-order valence-electron chi connectivity index (χ1n) is 9.66. The summed E-state index contributed by atoms with van der Waals surface area (Å²) in [5, 5.41) is 5.93. The van der Waals surface area contributed by atoms with Crippen molar-refractivity contribution in [2.45, 2.75) is 32.4 Å². The Morgan fingerprint density at radius 1 is 1.10 bits per heavy atom. The molecular weight excluding hydrogens is 388 g/mol. The maximum atomic E-state index is 14.3. The highest BCUT2D eigenvalue weighted by molar-refractivity contribution is 6.04. The van der Waals surface area contributed by atoms with Crippen molar-refractivity contribution in [2.75, 3.05) is 5.32 Å². The number of nitrogens with zero attached hydrogens (tertiary/aromatic N) is 1. The number of carbonyl (C=O) groups excluding carboxylic acids is 1. The Balaban J connectivity index is 1.59. The second kappa shape index (κ2) is 6.52. The molecule has 5 nitrogen and oxygen atoms in total. The van der Waals surface area contributed by atoms with Crippen molar-refractivity contribution in [3.63, 3.8) is 0 Å². The van der Waals surface area contributed by atoms with E-state index in [9.17, 15) is 13.6 Å². The first-order valence-corrected chi connectivity index (χ1v) is 9.66. The normalized spacial score (nSPS) is 15.9. The van der Waals surface area contributed by atoms with Gasteiger partial charge in [0.2, 0.25) is 0 Å². The van der Waals surface area contributed by atoms with E-state index >= 15 is 0 Å². The molecule has 2 aliphatic rings. The third-order valence-corrected chi connectivity index (χ3v) is 5.31. The summed E-state index contributed by atoms with van der Waals surface area (Å²) < 4.78 is 34.7. The predicted octanol–water partition coefficient (Wildman–Crippen LogP) is 4.73. The number of carbonyl (C=O) groups is 1. The number of hydrogen-bond donors (Lipinski definition) is 2. The highest BCUT2D eigenvalue weighted by atomic mass is 19.1. The fourth-order valence-electron chi connectivity index (χ4n) is 4.02. The van der Waals surface area contributed by atoms with Gasteiger partial charge in [0, 0.05) is 18.2 Å². The lowest BCUT2D eigenvalue weighted by molar-refractivity contribution is 0.0966. The van der Waals surface area contributed by atoms with Gasteiger partial charge in [-0.25, -0.2) is 13.8 Å². The minimum atomic E-state index is -0.709. The number of anilines is 2. The molecule has 0 saturated carbocycles. The molecule has 5 rings (SSSR count). The fraction of sp³-hybridized carbons (Fsp3) is 0.217. The van der Waals surface area contributed by atoms with Gasteiger partial charge in [-0.3, -0.25) is 4.79 Å². The largest absolute Gasteiger partial charge is 0.487 e. The maximum absolute atomic E-state index is 14.3. The van der Waals surface area contributed by atoms with E-state index in [4.69, 9.17) is 4.74 Å². The van der Waals surface area contributed by atoms with Crippen molar-refractivity contribution in [3.8, 4) is 17.0 Å². The number of aromatic nitrogens is 1. The number of pyridine rings is 1. The molecule has 3 heterocycles. The molecule has 3 aromatic rings. The minimum Gasteiger partial charge on any atom is -0.487 e. The molecule has 2 aliphatic heterocycles. The second-order valence-corrected chi connectivity index (χ2v) is 8.14. The third-order valence-electron chi connectivity index (χ3n) is 5.31. The van der Waals surface area contributed by atoms with Crippen LogP contribution in [0.25, 0.3) is 11.3 Å². The van der Waals surface area contributed by atoms with Crippen molar-refractivity contribution >= 4 is 17.3 Å². The average molecular weight is 407 g/mol. The average Bonchev–Trinajstić information content (AvgIpc) is 3.19. The molecule has 7 heteroatoms. The Labute approximate surface area is 172 Å². The maximum Gasteiger partial charge on any atom is 0.255 e. The Kier molecular flexibility index (Phi) is 4.03. The van der Waals surface area contributed by atoms with Crippen molar-refractivity contribution in [2.24, 2.45) is 0 Å². The van der Waals surface area contributed by atoms with E-state index in [0.717, 1.165) is 17.7 Å². The lowest BCUT2D eigenvalue weighted by Gasteiger charge is -2.17. The van der Waals surface area contributed by atoms with Gasteiger partial charge in [0.25, 0.3) is 5.91 Å². The molecular formula is C23H19F2N3O2. The van der Waals surface area contributed by atoms with Crippen LogP contribution in [-0.4, -0.2) is 16.5 Å². The molecule has 0 aliphatic carbocycles. The summed E-state index contributed by atoms with van der Waals surface area (Å²) in [5.41, 5.74) is 2.71. The standard InChI is InChI=1S/C23H19F2N3O2/c1-23(2)10-12-6-7-13(8-19(12)30-23)27-17-9-16(20-14(24)4-3-5-15(20)25)28-18-11-26-22(29)21(17)18/h3-9H,10-11H2,1-2H3,(H,26,29)(H,27,28). The Bertz CT molecular complexity index is 1190. The van der Waals surface area contributed by atoms with E-state index in [2.05, 4.69) is 15.6 Å². The summed E-state index contributed by atoms with van der Waals surface area (Å²) in [6, 6.07) is 10.9. The zero-order chi connectivity index (χ0) is 21.0. The lowest BCUT2D eigenvalue weighted by atomic mass is 10.0. The predicted molar refractivity (Wildman–Crippen MR) is 109 cm³/mol. The number of benzene rings is 2. The van der Waals surface area contributed by atoms with E-state index in [-0.39, 0.29) is 29.3 Å². The quantitative estimate of drug-likeness (QED) is 0.659. The number of rotatable bonds is 3. The Morgan fingerprint density at radius 3 is 2.63 bits per heavy atom. The molecule has 0 unspecified atom stereocenters. The highest BCUT2D eigenvalue weighted by Crippen LogP contribution is 2.38. The van der Waals surface area contributed by atoms with Crippen molar-refractivity contribution in [1.29, 1.82) is 0 Å². The summed E-state index contributed by atoms with van der Waals surface area (Å²) in [6.45, 7) is 4.25. The van der Waals surface area contributed by atoms with Crippen LogP contribution in [0, 0.1) is 11.6 Å². The molecule has 0 spiro atoms. The van der Waals surface area contributed by atoms with Gasteiger partial charge in [0.05, 0.1) is 34.7 Å². The van der Waals surface area contributed by atoms with Crippen LogP contribution in [0.3, 0.4) is 0 Å². The summed E-state index contributed by atoms with van der Waals surface area (Å²) in [6.07, 6.45) is 0.812. The molecule has 0 bridgehead atoms. The molecule has 0 radical (unpaired) electrons. The van der Waals surface area contributed by atoms with Gasteiger partial charge in [0.15, 0.2) is 0 Å². The molecule has 152 valence electrons. The van der Waals surface area contributed by atoms with E-state index in [1.165, 1.54) is 24.3 Å². The topological polar surface area (TPSA) is 63.2 Å². The molecule has 1 aromatic heterocycles. The van der Waals surface area contributed by atoms with Crippen LogP contribution in [0.4, 0.5) is 20.2 Å². The van der Waals surface area contributed by atoms with Crippen LogP contribution in [0.15, 0.2) is 42.5 Å². The first kappa shape index (κ1) is 18.5. The number of ether oxygens (including phenoxy) is 1. The zero-order valence-corrected chi connectivity index (χ0v) is 16.5. The minimum absolute atomic E-state index is 0.127. The van der Waals surface area contributed by atoms with Crippen molar-refractivity contribution < 1.29 is 18.3 Å². The van der Waals surface area contributed by atoms with E-state index < -0.39 is 11.6 Å². The van der Waals surface area contributed by atoms with E-state index in [0.29, 0.717) is 22.6 Å². The van der Waals surface area contributed by atoms with Crippen LogP contribution in [-0.2, 0) is 13.0 Å². The van der Waals surface area contributed by atoms with Gasteiger partial charge in [-0.1, -0.05) is 12.1 Å². The third kappa shape index (κ3) is 3.07. The zero-order valence-electron chi connectivity index (χ0n) is 16.5. The summed E-state index contributed by atoms with van der Waals surface area (Å²) in [7, 11) is 0. The van der Waals surface area contributed by atoms with Gasteiger partial charge < -0.3 is 15.4 Å². The number of nitrogens with one attached hydrogen (secondary N) is 2. The lowest BCUT2D eigenvalue weighted by Crippen LogP contribution is -2.24. The second-order valence-electron chi connectivity index (χ2n) is 8.14. The number of amides is 1. The Morgan fingerprint density at radius 2 is 1.87 bits per heavy atom. The molecule has 30 heavy (non-hydrogen) atoms. The first-order chi connectivity index (χ1) is 14.3. The van der Waals surface area contributed by atoms with Crippen LogP contribution in [0.5, 0.6) is 5.75 Å². The number of hydrogen-bond acceptors (Lipinski definition) is 4. The molecule has 0 saturated heterocycles. The van der Waals surface area contributed by atoms with Crippen molar-refractivity contribution in [3.05, 3.63) is 70.9 Å². The van der Waals surface area contributed by atoms with Gasteiger partial charge in [-0.05, 0) is 43.7 Å². The van der Waals surface area contributed by atoms with E-state index in [1.54, 1.807) is 0 Å². The smallest absolute Gasteiger partial charge is 0.255 e. The van der Waals surface area contributed by atoms with Crippen LogP contribution in [0.1, 0.15) is 35.5 Å². The molecule has 0 atom stereocenters. The summed E-state index contributed by atoms with van der Waals surface area (Å²) in [5.74, 6) is -0.919. The molecule has 2 aromatic carbocycles. The summed E-state index contributed by atoms with van der Waals surface area (Å²) >= 11 is 0. The van der Waals surface area contributed by atoms with Gasteiger partial charge in [-0.15, -0.1) is 0 Å². The number of fused-ring (bicyclic) bond motifs is 2. The fourth-order valence-corrected chi connectivity index (χ4v) is 4.02. The molecule has 0 fully saturated rings. The molecule has 2 N–H and O–H groups in total. The van der Waals surface area contributed by atoms with Crippen LogP contribution < -0.4 is 15.4 Å².